The number of hydrogen-bond acceptors (Lipinski definition) is 2. The van der Waals surface area contributed by atoms with Crippen LogP contribution in [-0.2, 0) is 0 Å². The molecule has 0 bridgehead atoms. The van der Waals surface area contributed by atoms with Crippen LogP contribution >= 0.6 is 0 Å². The number of rotatable bonds is 2. The molecule has 101 valence electrons. The van der Waals surface area contributed by atoms with Crippen molar-refractivity contribution in [1.29, 1.82) is 0 Å². The van der Waals surface area contributed by atoms with Crippen molar-refractivity contribution in [3.8, 4) is 0 Å². The number of hydrogen-bond donors (Lipinski definition) is 1. The summed E-state index contributed by atoms with van der Waals surface area (Å²) >= 11 is 0. The Labute approximate surface area is 124 Å². The molecule has 0 amide bonds. The molecule has 2 heterocycles. The SMILES string of the molecule is CB1C(C)[SiH]C(c2ccn[nH]2)B(C)N1c1ccccc1. The van der Waals surface area contributed by atoms with Crippen LogP contribution in [-0.4, -0.2) is 33.4 Å². The Hall–Kier alpha value is -1.42. The third-order valence-electron chi connectivity index (χ3n) is 4.60. The van der Waals surface area contributed by atoms with Gasteiger partial charge in [0, 0.05) is 27.1 Å². The van der Waals surface area contributed by atoms with E-state index in [9.17, 15) is 0 Å². The van der Waals surface area contributed by atoms with Crippen LogP contribution in [0.1, 0.15) is 18.1 Å². The fraction of sp³-hybridized carbons (Fsp3) is 0.357. The maximum absolute atomic E-state index is 4.14. The average molecular weight is 280 g/mol. The number of nitrogens with one attached hydrogen (secondary N) is 1. The molecule has 2 atom stereocenters. The zero-order valence-corrected chi connectivity index (χ0v) is 13.5. The molecule has 1 aliphatic rings. The molecule has 1 saturated heterocycles. The summed E-state index contributed by atoms with van der Waals surface area (Å²) in [6.45, 7) is 8.23. The third-order valence-corrected chi connectivity index (χ3v) is 7.10. The van der Waals surface area contributed by atoms with Crippen molar-refractivity contribution >= 4 is 28.9 Å². The maximum atomic E-state index is 4.14. The van der Waals surface area contributed by atoms with E-state index in [1.807, 2.05) is 6.20 Å². The Bertz CT molecular complexity index is 549. The smallest absolute Gasteiger partial charge is 0.244 e. The van der Waals surface area contributed by atoms with Crippen LogP contribution in [0.4, 0.5) is 5.69 Å². The molecule has 3 rings (SSSR count). The molecule has 1 aromatic carbocycles. The van der Waals surface area contributed by atoms with E-state index >= 15 is 0 Å². The van der Waals surface area contributed by atoms with Crippen molar-refractivity contribution in [2.24, 2.45) is 0 Å². The highest BCUT2D eigenvalue weighted by atomic mass is 28.2. The van der Waals surface area contributed by atoms with Crippen molar-refractivity contribution < 1.29 is 0 Å². The number of aromatic amines is 1. The van der Waals surface area contributed by atoms with Gasteiger partial charge in [0.25, 0.3) is 0 Å². The van der Waals surface area contributed by atoms with E-state index in [1.54, 1.807) is 0 Å². The molecule has 2 aromatic rings. The monoisotopic (exact) mass is 280 g/mol. The van der Waals surface area contributed by atoms with E-state index in [4.69, 9.17) is 0 Å². The van der Waals surface area contributed by atoms with Crippen LogP contribution in [0.2, 0.25) is 19.1 Å². The minimum Gasteiger partial charge on any atom is -0.461 e. The Morgan fingerprint density at radius 1 is 1.15 bits per heavy atom. The van der Waals surface area contributed by atoms with Crippen LogP contribution < -0.4 is 4.72 Å². The highest BCUT2D eigenvalue weighted by molar-refractivity contribution is 6.95. The van der Waals surface area contributed by atoms with Gasteiger partial charge in [0.2, 0.25) is 13.7 Å². The minimum atomic E-state index is 0.386. The lowest BCUT2D eigenvalue weighted by Crippen LogP contribution is -2.59. The van der Waals surface area contributed by atoms with Gasteiger partial charge >= 0.3 is 0 Å². The van der Waals surface area contributed by atoms with Gasteiger partial charge in [0.15, 0.2) is 0 Å². The summed E-state index contributed by atoms with van der Waals surface area (Å²) in [5, 5.41) is 7.33. The zero-order valence-electron chi connectivity index (χ0n) is 12.3. The number of anilines is 1. The lowest BCUT2D eigenvalue weighted by atomic mass is 9.44. The van der Waals surface area contributed by atoms with Crippen molar-refractivity contribution in [2.45, 2.75) is 31.5 Å². The third kappa shape index (κ3) is 2.33. The van der Waals surface area contributed by atoms with E-state index in [-0.39, 0.29) is 0 Å². The first kappa shape index (κ1) is 13.6. The van der Waals surface area contributed by atoms with Gasteiger partial charge in [0.1, 0.15) is 0 Å². The second-order valence-electron chi connectivity index (χ2n) is 5.81. The molecule has 2 unspecified atom stereocenters. The zero-order chi connectivity index (χ0) is 14.1. The van der Waals surface area contributed by atoms with Crippen LogP contribution in [0, 0.1) is 0 Å². The van der Waals surface area contributed by atoms with Crippen molar-refractivity contribution in [2.75, 3.05) is 4.72 Å². The molecular weight excluding hydrogens is 260 g/mol. The molecule has 1 fully saturated rings. The Morgan fingerprint density at radius 2 is 1.90 bits per heavy atom. The standard InChI is InChI=1S/C14H20B2N3Si/c1-11-15(2)19(12-7-5-4-6-8-12)16(3)14(20-11)13-9-10-17-18-13/h4-11,14,20H,1-3H3,(H,17,18). The van der Waals surface area contributed by atoms with Crippen LogP contribution in [0.25, 0.3) is 0 Å². The molecule has 0 aliphatic carbocycles. The number of benzene rings is 1. The molecule has 1 N–H and O–H groups in total. The van der Waals surface area contributed by atoms with Crippen LogP contribution in [0.15, 0.2) is 42.6 Å². The van der Waals surface area contributed by atoms with E-state index < -0.39 is 0 Å². The largest absolute Gasteiger partial charge is 0.461 e. The number of H-pyrrole nitrogens is 1. The van der Waals surface area contributed by atoms with Gasteiger partial charge in [-0.25, -0.2) is 0 Å². The van der Waals surface area contributed by atoms with Crippen molar-refractivity contribution in [3.05, 3.63) is 48.3 Å². The molecule has 1 aromatic heterocycles. The molecule has 1 aliphatic heterocycles. The Balaban J connectivity index is 1.95. The highest BCUT2D eigenvalue weighted by Crippen LogP contribution is 2.34. The van der Waals surface area contributed by atoms with Gasteiger partial charge < -0.3 is 4.72 Å². The average Bonchev–Trinajstić information content (AvgIpc) is 2.98. The van der Waals surface area contributed by atoms with Crippen LogP contribution in [0.3, 0.4) is 0 Å². The van der Waals surface area contributed by atoms with Crippen molar-refractivity contribution in [1.82, 2.24) is 10.2 Å². The fourth-order valence-electron chi connectivity index (χ4n) is 3.33. The molecule has 20 heavy (non-hydrogen) atoms. The second kappa shape index (κ2) is 5.52. The predicted molar refractivity (Wildman–Crippen MR) is 90.1 cm³/mol. The molecule has 0 spiro atoms. The summed E-state index contributed by atoms with van der Waals surface area (Å²) in [6.07, 6.45) is 1.87. The quantitative estimate of drug-likeness (QED) is 0.857. The number of nitrogens with zero attached hydrogens (tertiary/aromatic N) is 2. The lowest BCUT2D eigenvalue weighted by Gasteiger charge is -2.45. The summed E-state index contributed by atoms with van der Waals surface area (Å²) in [7, 11) is 0.386. The molecular formula is C14H20B2N3Si. The van der Waals surface area contributed by atoms with Gasteiger partial charge in [-0.1, -0.05) is 44.2 Å². The molecule has 1 radical (unpaired) electrons. The van der Waals surface area contributed by atoms with Crippen LogP contribution in [0.5, 0.6) is 0 Å². The van der Waals surface area contributed by atoms with Gasteiger partial charge in [-0.2, -0.15) is 5.10 Å². The minimum absolute atomic E-state index is 0.386. The lowest BCUT2D eigenvalue weighted by molar-refractivity contribution is 0.994. The van der Waals surface area contributed by atoms with E-state index in [0.717, 1.165) is 5.44 Å². The maximum Gasteiger partial charge on any atom is 0.244 e. The predicted octanol–water partition coefficient (Wildman–Crippen LogP) is 2.54. The van der Waals surface area contributed by atoms with Crippen molar-refractivity contribution in [3.63, 3.8) is 0 Å². The summed E-state index contributed by atoms with van der Waals surface area (Å²) in [5.74, 6) is 0. The Morgan fingerprint density at radius 3 is 2.55 bits per heavy atom. The first-order valence-corrected chi connectivity index (χ1v) is 8.69. The number of para-hydroxylation sites is 1. The van der Waals surface area contributed by atoms with E-state index in [2.05, 4.69) is 71.9 Å². The highest BCUT2D eigenvalue weighted by Gasteiger charge is 2.42. The summed E-state index contributed by atoms with van der Waals surface area (Å²) in [6, 6.07) is 12.9. The summed E-state index contributed by atoms with van der Waals surface area (Å²) in [4.78, 5) is 0. The van der Waals surface area contributed by atoms with E-state index in [1.165, 1.54) is 11.4 Å². The second-order valence-corrected chi connectivity index (χ2v) is 7.97. The van der Waals surface area contributed by atoms with E-state index in [0.29, 0.717) is 28.7 Å². The topological polar surface area (TPSA) is 31.9 Å². The number of aromatic nitrogens is 2. The fourth-order valence-corrected chi connectivity index (χ4v) is 5.39. The molecule has 0 saturated carbocycles. The normalized spacial score (nSPS) is 23.2. The first-order valence-electron chi connectivity index (χ1n) is 7.36. The summed E-state index contributed by atoms with van der Waals surface area (Å²) < 4.78 is 2.59. The van der Waals surface area contributed by atoms with Gasteiger partial charge in [-0.3, -0.25) is 5.10 Å². The van der Waals surface area contributed by atoms with Gasteiger partial charge in [-0.15, -0.1) is 0 Å². The van der Waals surface area contributed by atoms with Gasteiger partial charge in [-0.05, 0) is 23.6 Å². The molecule has 6 heteroatoms. The first-order chi connectivity index (χ1) is 9.68. The molecule has 3 nitrogen and oxygen atoms in total. The Kier molecular flexibility index (Phi) is 3.74. The van der Waals surface area contributed by atoms with Gasteiger partial charge in [0.05, 0.1) is 0 Å². The summed E-state index contributed by atoms with van der Waals surface area (Å²) in [5.41, 5.74) is 3.98.